The van der Waals surface area contributed by atoms with Gasteiger partial charge in [-0.15, -0.1) is 23.2 Å². The monoisotopic (exact) mass is 700 g/mol. The number of aromatic hydroxyl groups is 1. The van der Waals surface area contributed by atoms with Crippen molar-refractivity contribution in [3.63, 3.8) is 0 Å². The molecular weight excluding hydrogens is 678 g/mol. The number of hydrogen-bond donors (Lipinski definition) is 3. The number of carbonyl (C=O) groups is 4. The van der Waals surface area contributed by atoms with Crippen molar-refractivity contribution in [3.8, 4) is 11.5 Å². The summed E-state index contributed by atoms with van der Waals surface area (Å²) < 4.78 is 5.90. The molecule has 5 aliphatic rings. The molecule has 0 spiro atoms. The highest BCUT2D eigenvalue weighted by atomic mass is 79.9. The van der Waals surface area contributed by atoms with Crippen LogP contribution in [0.15, 0.2) is 65.9 Å². The summed E-state index contributed by atoms with van der Waals surface area (Å²) in [5.74, 6) is -5.19. The van der Waals surface area contributed by atoms with E-state index in [0.717, 1.165) is 9.80 Å². The van der Waals surface area contributed by atoms with Gasteiger partial charge in [0.15, 0.2) is 9.75 Å². The van der Waals surface area contributed by atoms with Crippen molar-refractivity contribution in [2.24, 2.45) is 23.7 Å². The number of ether oxygens (including phenoxy) is 1. The summed E-state index contributed by atoms with van der Waals surface area (Å²) in [5.41, 5.74) is 1.96. The van der Waals surface area contributed by atoms with Crippen LogP contribution in [0.25, 0.3) is 0 Å². The first-order valence-corrected chi connectivity index (χ1v) is 15.8. The zero-order chi connectivity index (χ0) is 31.3. The molecule has 4 amide bonds. The van der Waals surface area contributed by atoms with Gasteiger partial charge in [0, 0.05) is 17.9 Å². The lowest BCUT2D eigenvalue weighted by molar-refractivity contribution is -0.138. The molecule has 2 saturated heterocycles. The number of nitrogens with zero attached hydrogens (tertiary/aromatic N) is 2. The minimum absolute atomic E-state index is 0.0210. The maximum absolute atomic E-state index is 14.2. The minimum atomic E-state index is -1.96. The average molecular weight is 702 g/mol. The maximum atomic E-state index is 14.2. The molecule has 7 rings (SSSR count). The third-order valence-electron chi connectivity index (χ3n) is 9.59. The Morgan fingerprint density at radius 2 is 1.80 bits per heavy atom. The molecule has 0 radical (unpaired) electrons. The van der Waals surface area contributed by atoms with Gasteiger partial charge in [0.1, 0.15) is 11.5 Å². The number of phenols is 1. The van der Waals surface area contributed by atoms with Gasteiger partial charge < -0.3 is 19.9 Å². The van der Waals surface area contributed by atoms with E-state index < -0.39 is 64.2 Å². The topological polar surface area (TPSA) is 145 Å². The van der Waals surface area contributed by atoms with Gasteiger partial charge in [-0.2, -0.15) is 0 Å². The standard InChI is InChI=1S/C30H24BBrCl2N2O8/c32-13-35-27(40)29(33)11-21-19(24(30(29,34)28(35)41)15-8-14-9-18(37)4-7-22(14)44-12-15)5-6-20-23(21)26(39)36(25(20)38)17-3-1-2-16(10-17)31(42)43/h1-5,7,9-10,12,20-21,23-24,37,42-43H,6,8,11,13H2/t20-,21+,23-,24-,29+,30-/m0/s1. The van der Waals surface area contributed by atoms with E-state index in [1.54, 1.807) is 12.1 Å². The maximum Gasteiger partial charge on any atom is 0.488 e. The fourth-order valence-electron chi connectivity index (χ4n) is 7.64. The lowest BCUT2D eigenvalue weighted by atomic mass is 9.56. The number of allylic oxidation sites excluding steroid dienone is 3. The van der Waals surface area contributed by atoms with E-state index in [4.69, 9.17) is 27.9 Å². The molecule has 1 saturated carbocycles. The first kappa shape index (κ1) is 29.6. The molecule has 3 N–H and O–H groups in total. The van der Waals surface area contributed by atoms with Gasteiger partial charge in [0.05, 0.1) is 29.2 Å². The number of rotatable bonds is 4. The Hall–Kier alpha value is -3.16. The van der Waals surface area contributed by atoms with Gasteiger partial charge in [0.2, 0.25) is 11.8 Å². The van der Waals surface area contributed by atoms with E-state index in [1.165, 1.54) is 36.6 Å². The SMILES string of the molecule is O=C1[C@H]2[C@H](CC=C3[C@H](C4=COc5ccc(O)cc5C4)[C@]4(Cl)C(=O)N(CBr)C(=O)[C@]4(Cl)C[C@H]32)C(=O)N1c1cccc(B(O)O)c1. The quantitative estimate of drug-likeness (QED) is 0.145. The van der Waals surface area contributed by atoms with Gasteiger partial charge in [-0.25, -0.2) is 0 Å². The van der Waals surface area contributed by atoms with Gasteiger partial charge in [-0.1, -0.05) is 39.7 Å². The summed E-state index contributed by atoms with van der Waals surface area (Å²) in [6.07, 6.45) is 3.54. The third-order valence-corrected chi connectivity index (χ3v) is 11.5. The molecule has 14 heteroatoms. The molecule has 3 heterocycles. The summed E-state index contributed by atoms with van der Waals surface area (Å²) in [5, 5.41) is 29.5. The van der Waals surface area contributed by atoms with Crippen molar-refractivity contribution in [1.82, 2.24) is 4.90 Å². The Labute approximate surface area is 270 Å². The van der Waals surface area contributed by atoms with Crippen LogP contribution in [-0.2, 0) is 25.6 Å². The molecular formula is C30H24BBrCl2N2O8. The van der Waals surface area contributed by atoms with E-state index in [2.05, 4.69) is 15.9 Å². The van der Waals surface area contributed by atoms with Crippen LogP contribution in [-0.4, -0.2) is 66.0 Å². The molecule has 2 aliphatic carbocycles. The zero-order valence-corrected chi connectivity index (χ0v) is 25.9. The summed E-state index contributed by atoms with van der Waals surface area (Å²) in [7, 11) is -1.80. The first-order valence-electron chi connectivity index (χ1n) is 13.9. The summed E-state index contributed by atoms with van der Waals surface area (Å²) in [6.45, 7) is 0. The van der Waals surface area contributed by atoms with Gasteiger partial charge in [-0.05, 0) is 60.1 Å². The van der Waals surface area contributed by atoms with E-state index >= 15 is 0 Å². The number of hydrogen-bond acceptors (Lipinski definition) is 8. The fourth-order valence-corrected chi connectivity index (χ4v) is 9.08. The van der Waals surface area contributed by atoms with Crippen LogP contribution in [0.1, 0.15) is 18.4 Å². The van der Waals surface area contributed by atoms with E-state index in [-0.39, 0.29) is 41.6 Å². The summed E-state index contributed by atoms with van der Waals surface area (Å²) >= 11 is 17.8. The number of amides is 4. The van der Waals surface area contributed by atoms with Crippen molar-refractivity contribution in [3.05, 3.63) is 71.5 Å². The van der Waals surface area contributed by atoms with Gasteiger partial charge in [0.25, 0.3) is 11.8 Å². The van der Waals surface area contributed by atoms with Gasteiger partial charge in [-0.3, -0.25) is 29.0 Å². The molecule has 10 nitrogen and oxygen atoms in total. The van der Waals surface area contributed by atoms with Crippen LogP contribution < -0.4 is 15.1 Å². The Kier molecular flexibility index (Phi) is 6.84. The van der Waals surface area contributed by atoms with Crippen LogP contribution in [0.3, 0.4) is 0 Å². The number of fused-ring (bicyclic) bond motifs is 5. The number of imide groups is 2. The van der Waals surface area contributed by atoms with Crippen molar-refractivity contribution in [1.29, 1.82) is 0 Å². The van der Waals surface area contributed by atoms with Crippen molar-refractivity contribution in [2.45, 2.75) is 29.0 Å². The number of benzene rings is 2. The highest BCUT2D eigenvalue weighted by Gasteiger charge is 2.76. The molecule has 3 fully saturated rings. The van der Waals surface area contributed by atoms with Crippen molar-refractivity contribution >= 4 is 81.0 Å². The number of anilines is 1. The minimum Gasteiger partial charge on any atom is -0.508 e. The Morgan fingerprint density at radius 1 is 1.02 bits per heavy atom. The molecule has 0 bridgehead atoms. The Morgan fingerprint density at radius 3 is 2.52 bits per heavy atom. The number of likely N-dealkylation sites (tertiary alicyclic amines) is 1. The lowest BCUT2D eigenvalue weighted by Gasteiger charge is -2.51. The molecule has 3 aliphatic heterocycles. The summed E-state index contributed by atoms with van der Waals surface area (Å²) in [4.78, 5) is 53.8. The average Bonchev–Trinajstić information content (AvgIpc) is 3.34. The number of phenolic OH excluding ortho intramolecular Hbond substituents is 1. The predicted molar refractivity (Wildman–Crippen MR) is 163 cm³/mol. The highest BCUT2D eigenvalue weighted by molar-refractivity contribution is 9.09. The van der Waals surface area contributed by atoms with Crippen LogP contribution in [0, 0.1) is 23.7 Å². The van der Waals surface area contributed by atoms with Crippen LogP contribution in [0.2, 0.25) is 0 Å². The normalized spacial score (nSPS) is 32.4. The highest BCUT2D eigenvalue weighted by Crippen LogP contribution is 2.64. The van der Waals surface area contributed by atoms with Crippen LogP contribution in [0.4, 0.5) is 5.69 Å². The molecule has 2 aromatic rings. The second-order valence-electron chi connectivity index (χ2n) is 11.7. The zero-order valence-electron chi connectivity index (χ0n) is 22.8. The second-order valence-corrected chi connectivity index (χ2v) is 13.5. The number of carbonyl (C=O) groups excluding carboxylic acids is 4. The lowest BCUT2D eigenvalue weighted by Crippen LogP contribution is -2.61. The van der Waals surface area contributed by atoms with E-state index in [9.17, 15) is 34.3 Å². The molecule has 0 unspecified atom stereocenters. The molecule has 6 atom stereocenters. The van der Waals surface area contributed by atoms with E-state index in [1.807, 2.05) is 6.08 Å². The fraction of sp³-hybridized carbons (Fsp3) is 0.333. The largest absolute Gasteiger partial charge is 0.508 e. The Bertz CT molecular complexity index is 1730. The van der Waals surface area contributed by atoms with Gasteiger partial charge >= 0.3 is 7.12 Å². The first-order chi connectivity index (χ1) is 20.9. The van der Waals surface area contributed by atoms with E-state index in [0.29, 0.717) is 22.5 Å². The third kappa shape index (κ3) is 3.87. The summed E-state index contributed by atoms with van der Waals surface area (Å²) in [6, 6.07) is 10.5. The Balaban J connectivity index is 1.35. The molecule has 2 aromatic carbocycles. The molecule has 0 aromatic heterocycles. The van der Waals surface area contributed by atoms with Crippen LogP contribution in [0.5, 0.6) is 11.5 Å². The molecule has 226 valence electrons. The molecule has 44 heavy (non-hydrogen) atoms. The van der Waals surface area contributed by atoms with Crippen molar-refractivity contribution < 1.29 is 39.1 Å². The van der Waals surface area contributed by atoms with Crippen LogP contribution >= 0.6 is 39.1 Å². The predicted octanol–water partition coefficient (Wildman–Crippen LogP) is 2.34. The number of alkyl halides is 3. The number of halogens is 3. The second kappa shape index (κ2) is 10.2. The van der Waals surface area contributed by atoms with Crippen molar-refractivity contribution in [2.75, 3.05) is 10.4 Å². The smallest absolute Gasteiger partial charge is 0.488 e.